The molecule has 1 aliphatic heterocycles. The van der Waals surface area contributed by atoms with Crippen molar-refractivity contribution in [2.75, 3.05) is 18.0 Å². The number of nitrogens with zero attached hydrogens (tertiary/aromatic N) is 5. The number of pyridine rings is 4. The maximum absolute atomic E-state index is 14.3. The number of hydrogen-bond acceptors (Lipinski definition) is 6. The van der Waals surface area contributed by atoms with Crippen LogP contribution in [0.5, 0.6) is 0 Å². The SMILES string of the molecule is Cc1ccc(N2CCC[C@H](N(Cc3ccnc(C)c3)Cc3cn(C4CC4)c4[nH]c(=O)c(F)cc4c3=O)C2)cn1.S. The van der Waals surface area contributed by atoms with Gasteiger partial charge in [-0.25, -0.2) is 4.39 Å². The molecule has 8 nitrogen and oxygen atoms in total. The van der Waals surface area contributed by atoms with Gasteiger partial charge in [0.15, 0.2) is 11.2 Å². The second kappa shape index (κ2) is 11.5. The van der Waals surface area contributed by atoms with Crippen molar-refractivity contribution >= 4 is 30.2 Å². The van der Waals surface area contributed by atoms with Crippen LogP contribution in [0.1, 0.15) is 54.2 Å². The number of hydrogen-bond donors (Lipinski definition) is 1. The van der Waals surface area contributed by atoms with Crippen molar-refractivity contribution in [3.63, 3.8) is 0 Å². The van der Waals surface area contributed by atoms with Gasteiger partial charge in [-0.3, -0.25) is 24.5 Å². The van der Waals surface area contributed by atoms with Crippen molar-refractivity contribution < 1.29 is 4.39 Å². The van der Waals surface area contributed by atoms with Gasteiger partial charge in [0.25, 0.3) is 5.56 Å². The fourth-order valence-corrected chi connectivity index (χ4v) is 5.69. The van der Waals surface area contributed by atoms with Crippen LogP contribution >= 0.6 is 13.5 Å². The van der Waals surface area contributed by atoms with Gasteiger partial charge in [0.05, 0.1) is 17.3 Å². The number of halogens is 1. The minimum absolute atomic E-state index is 0. The summed E-state index contributed by atoms with van der Waals surface area (Å²) < 4.78 is 16.3. The number of nitrogens with one attached hydrogen (secondary N) is 1. The van der Waals surface area contributed by atoms with E-state index in [1.807, 2.05) is 49.1 Å². The Hall–Kier alpha value is -3.50. The lowest BCUT2D eigenvalue weighted by atomic mass is 10.0. The number of aromatic nitrogens is 4. The largest absolute Gasteiger partial charge is 0.369 e. The van der Waals surface area contributed by atoms with Gasteiger partial charge >= 0.3 is 0 Å². The Morgan fingerprint density at radius 3 is 2.60 bits per heavy atom. The van der Waals surface area contributed by atoms with Crippen molar-refractivity contribution in [1.82, 2.24) is 24.4 Å². The number of rotatable bonds is 7. The molecule has 210 valence electrons. The van der Waals surface area contributed by atoms with Gasteiger partial charge in [0, 0.05) is 67.6 Å². The highest BCUT2D eigenvalue weighted by Crippen LogP contribution is 2.36. The van der Waals surface area contributed by atoms with Crippen molar-refractivity contribution in [1.29, 1.82) is 0 Å². The molecule has 0 spiro atoms. The third-order valence-corrected chi connectivity index (χ3v) is 7.90. The van der Waals surface area contributed by atoms with E-state index in [-0.39, 0.29) is 36.4 Å². The Balaban J connectivity index is 0.00000323. The van der Waals surface area contributed by atoms with E-state index < -0.39 is 11.4 Å². The summed E-state index contributed by atoms with van der Waals surface area (Å²) >= 11 is 0. The predicted molar refractivity (Wildman–Crippen MR) is 160 cm³/mol. The molecule has 0 radical (unpaired) electrons. The Labute approximate surface area is 239 Å². The molecule has 1 saturated carbocycles. The first-order valence-electron chi connectivity index (χ1n) is 13.7. The predicted octanol–water partition coefficient (Wildman–Crippen LogP) is 4.35. The molecule has 4 aromatic rings. The smallest absolute Gasteiger partial charge is 0.285 e. The summed E-state index contributed by atoms with van der Waals surface area (Å²) in [4.78, 5) is 41.9. The third kappa shape index (κ3) is 5.83. The number of aryl methyl sites for hydroxylation is 2. The Morgan fingerprint density at radius 1 is 1.05 bits per heavy atom. The molecule has 40 heavy (non-hydrogen) atoms. The molecule has 1 N–H and O–H groups in total. The molecule has 4 aromatic heterocycles. The van der Waals surface area contributed by atoms with Gasteiger partial charge in [-0.1, -0.05) is 0 Å². The number of piperidine rings is 1. The lowest BCUT2D eigenvalue weighted by Crippen LogP contribution is -2.48. The van der Waals surface area contributed by atoms with Crippen LogP contribution in [0.4, 0.5) is 10.1 Å². The van der Waals surface area contributed by atoms with Crippen molar-refractivity contribution in [2.24, 2.45) is 0 Å². The van der Waals surface area contributed by atoms with Crippen molar-refractivity contribution in [2.45, 2.75) is 64.7 Å². The van der Waals surface area contributed by atoms with Crippen LogP contribution in [0.2, 0.25) is 0 Å². The maximum Gasteiger partial charge on any atom is 0.285 e. The van der Waals surface area contributed by atoms with Gasteiger partial charge in [-0.15, -0.1) is 0 Å². The summed E-state index contributed by atoms with van der Waals surface area (Å²) in [6.07, 6.45) is 9.61. The van der Waals surface area contributed by atoms with Gasteiger partial charge < -0.3 is 14.5 Å². The fraction of sp³-hybridized carbons (Fsp3) is 0.400. The van der Waals surface area contributed by atoms with Crippen LogP contribution in [0.3, 0.4) is 0 Å². The molecule has 2 fully saturated rings. The molecular formula is C30H35FN6O2S. The van der Waals surface area contributed by atoms with Crippen molar-refractivity contribution in [3.05, 3.63) is 97.8 Å². The average Bonchev–Trinajstić information content (AvgIpc) is 3.77. The number of H-pyrrole nitrogens is 1. The zero-order chi connectivity index (χ0) is 27.1. The quantitative estimate of drug-likeness (QED) is 0.360. The standard InChI is InChI=1S/C30H33FN6O2.H2S/c1-19-5-6-24(14-33-19)35-11-3-4-25(18-35)36(15-21-9-10-32-20(2)12-21)16-22-17-37(23-7-8-23)29-26(28(22)38)13-27(31)30(39)34-29;/h5-6,9-10,12-14,17,23,25H,3-4,7-8,11,15-16,18H2,1-2H3,(H,34,39);1H2/t25-;/m0./s1. The molecule has 1 atom stereocenters. The molecule has 0 unspecified atom stereocenters. The lowest BCUT2D eigenvalue weighted by Gasteiger charge is -2.40. The van der Waals surface area contributed by atoms with E-state index in [9.17, 15) is 14.0 Å². The van der Waals surface area contributed by atoms with Gasteiger partial charge in [0.1, 0.15) is 5.65 Å². The first kappa shape index (κ1) is 28.0. The van der Waals surface area contributed by atoms with E-state index in [1.54, 1.807) is 0 Å². The zero-order valence-electron chi connectivity index (χ0n) is 22.9. The molecular weight excluding hydrogens is 527 g/mol. The van der Waals surface area contributed by atoms with Crippen LogP contribution in [-0.2, 0) is 13.1 Å². The monoisotopic (exact) mass is 562 g/mol. The first-order valence-corrected chi connectivity index (χ1v) is 13.7. The molecule has 0 amide bonds. The summed E-state index contributed by atoms with van der Waals surface area (Å²) in [6.45, 7) is 6.83. The minimum Gasteiger partial charge on any atom is -0.369 e. The second-order valence-corrected chi connectivity index (χ2v) is 10.9. The maximum atomic E-state index is 14.3. The summed E-state index contributed by atoms with van der Waals surface area (Å²) in [5.74, 6) is -0.933. The summed E-state index contributed by atoms with van der Waals surface area (Å²) in [6, 6.07) is 9.77. The van der Waals surface area contributed by atoms with E-state index in [0.717, 1.165) is 67.5 Å². The molecule has 0 aromatic carbocycles. The highest BCUT2D eigenvalue weighted by molar-refractivity contribution is 7.59. The summed E-state index contributed by atoms with van der Waals surface area (Å²) in [5.41, 5.74) is 4.16. The lowest BCUT2D eigenvalue weighted by molar-refractivity contribution is 0.158. The third-order valence-electron chi connectivity index (χ3n) is 7.90. The molecule has 1 saturated heterocycles. The molecule has 6 rings (SSSR count). The number of fused-ring (bicyclic) bond motifs is 1. The van der Waals surface area contributed by atoms with Gasteiger partial charge in [-0.2, -0.15) is 13.5 Å². The Kier molecular flexibility index (Phi) is 8.09. The van der Waals surface area contributed by atoms with E-state index in [4.69, 9.17) is 0 Å². The van der Waals surface area contributed by atoms with Crippen LogP contribution < -0.4 is 15.9 Å². The molecule has 0 bridgehead atoms. The van der Waals surface area contributed by atoms with Gasteiger partial charge in [-0.05, 0) is 75.4 Å². The van der Waals surface area contributed by atoms with Crippen LogP contribution in [-0.4, -0.2) is 43.6 Å². The molecule has 2 aliphatic rings. The molecule has 1 aliphatic carbocycles. The van der Waals surface area contributed by atoms with E-state index in [1.165, 1.54) is 0 Å². The van der Waals surface area contributed by atoms with Crippen LogP contribution in [0.25, 0.3) is 11.0 Å². The topological polar surface area (TPSA) is 87.1 Å². The molecule has 10 heteroatoms. The fourth-order valence-electron chi connectivity index (χ4n) is 5.69. The van der Waals surface area contributed by atoms with Crippen molar-refractivity contribution in [3.8, 4) is 0 Å². The zero-order valence-corrected chi connectivity index (χ0v) is 23.9. The first-order chi connectivity index (χ1) is 18.9. The number of aromatic amines is 1. The highest BCUT2D eigenvalue weighted by Gasteiger charge is 2.29. The van der Waals surface area contributed by atoms with E-state index in [2.05, 4.69) is 36.9 Å². The second-order valence-electron chi connectivity index (χ2n) is 10.9. The van der Waals surface area contributed by atoms with Crippen LogP contribution in [0, 0.1) is 19.7 Å². The normalized spacial score (nSPS) is 17.3. The van der Waals surface area contributed by atoms with Crippen LogP contribution in [0.15, 0.2) is 58.5 Å². The minimum atomic E-state index is -0.933. The Bertz CT molecular complexity index is 1630. The molecule has 5 heterocycles. The number of anilines is 1. The average molecular weight is 563 g/mol. The van der Waals surface area contributed by atoms with E-state index in [0.29, 0.717) is 24.3 Å². The van der Waals surface area contributed by atoms with Gasteiger partial charge in [0.2, 0.25) is 0 Å². The summed E-state index contributed by atoms with van der Waals surface area (Å²) in [7, 11) is 0. The summed E-state index contributed by atoms with van der Waals surface area (Å²) in [5, 5.41) is 0.229. The van der Waals surface area contributed by atoms with E-state index >= 15 is 0 Å². The highest BCUT2D eigenvalue weighted by atomic mass is 32.1. The Morgan fingerprint density at radius 2 is 1.88 bits per heavy atom.